The molecule has 0 spiro atoms. The van der Waals surface area contributed by atoms with Gasteiger partial charge in [-0.1, -0.05) is 30.3 Å². The number of carbonyl (C=O) groups excluding carboxylic acids is 2. The molecule has 6 heteroatoms. The van der Waals surface area contributed by atoms with E-state index in [9.17, 15) is 14.9 Å². The molecule has 2 aromatic rings. The van der Waals surface area contributed by atoms with Gasteiger partial charge in [-0.05, 0) is 49.9 Å². The highest BCUT2D eigenvalue weighted by atomic mass is 16.5. The Morgan fingerprint density at radius 3 is 2.41 bits per heavy atom. The molecule has 1 saturated carbocycles. The topological polar surface area (TPSA) is 88.4 Å². The Morgan fingerprint density at radius 1 is 1.04 bits per heavy atom. The van der Waals surface area contributed by atoms with E-state index >= 15 is 0 Å². The molecule has 0 bridgehead atoms. The minimum Gasteiger partial charge on any atom is -0.456 e. The van der Waals surface area contributed by atoms with E-state index in [2.05, 4.69) is 11.4 Å². The number of rotatable bonds is 6. The van der Waals surface area contributed by atoms with Gasteiger partial charge in [-0.2, -0.15) is 5.26 Å². The normalized spacial score (nSPS) is 14.8. The highest BCUT2D eigenvalue weighted by molar-refractivity contribution is 5.94. The second-order valence-corrected chi connectivity index (χ2v) is 6.44. The fourth-order valence-electron chi connectivity index (χ4n) is 3.09. The summed E-state index contributed by atoms with van der Waals surface area (Å²) in [6, 6.07) is 17.9. The van der Waals surface area contributed by atoms with Crippen molar-refractivity contribution in [1.29, 1.82) is 5.26 Å². The molecule has 0 saturated heterocycles. The van der Waals surface area contributed by atoms with Crippen molar-refractivity contribution in [3.8, 4) is 17.6 Å². The molecule has 27 heavy (non-hydrogen) atoms. The van der Waals surface area contributed by atoms with Crippen LogP contribution in [-0.4, -0.2) is 24.0 Å². The molecular weight excluding hydrogens is 344 g/mol. The Hall–Kier alpha value is -3.33. The summed E-state index contributed by atoms with van der Waals surface area (Å²) in [6.45, 7) is -0.443. The lowest BCUT2D eigenvalue weighted by atomic mass is 10.00. The van der Waals surface area contributed by atoms with E-state index in [0.29, 0.717) is 24.3 Å². The van der Waals surface area contributed by atoms with Crippen molar-refractivity contribution in [1.82, 2.24) is 5.32 Å². The number of esters is 1. The van der Waals surface area contributed by atoms with Crippen molar-refractivity contribution in [2.75, 3.05) is 6.61 Å². The molecule has 0 atom stereocenters. The maximum Gasteiger partial charge on any atom is 0.342 e. The van der Waals surface area contributed by atoms with Gasteiger partial charge in [0.15, 0.2) is 6.61 Å². The first kappa shape index (κ1) is 18.5. The van der Waals surface area contributed by atoms with Crippen molar-refractivity contribution in [2.45, 2.75) is 31.2 Å². The van der Waals surface area contributed by atoms with Crippen molar-refractivity contribution < 1.29 is 19.1 Å². The van der Waals surface area contributed by atoms with E-state index in [1.807, 2.05) is 18.2 Å². The number of ether oxygens (including phenoxy) is 2. The molecule has 0 aliphatic heterocycles. The first-order chi connectivity index (χ1) is 13.1. The Kier molecular flexibility index (Phi) is 5.72. The van der Waals surface area contributed by atoms with Gasteiger partial charge in [0.2, 0.25) is 0 Å². The van der Waals surface area contributed by atoms with Crippen LogP contribution in [0.5, 0.6) is 11.5 Å². The summed E-state index contributed by atoms with van der Waals surface area (Å²) in [7, 11) is 0. The average Bonchev–Trinajstić information content (AvgIpc) is 3.16. The fraction of sp³-hybridized carbons (Fsp3) is 0.286. The Bertz CT molecular complexity index is 852. The zero-order valence-electron chi connectivity index (χ0n) is 14.8. The van der Waals surface area contributed by atoms with E-state index in [0.717, 1.165) is 12.8 Å². The molecular formula is C21H20N2O4. The molecule has 0 heterocycles. The number of hydrogen-bond acceptors (Lipinski definition) is 5. The average molecular weight is 364 g/mol. The number of benzene rings is 2. The first-order valence-corrected chi connectivity index (χ1v) is 8.83. The summed E-state index contributed by atoms with van der Waals surface area (Å²) in [5.41, 5.74) is -0.609. The highest BCUT2D eigenvalue weighted by Gasteiger charge is 2.35. The van der Waals surface area contributed by atoms with Gasteiger partial charge < -0.3 is 14.8 Å². The van der Waals surface area contributed by atoms with E-state index in [4.69, 9.17) is 9.47 Å². The van der Waals surface area contributed by atoms with Crippen LogP contribution in [0.4, 0.5) is 0 Å². The van der Waals surface area contributed by atoms with Crippen LogP contribution in [0.3, 0.4) is 0 Å². The SMILES string of the molecule is N#CC1(NC(=O)COC(=O)c2ccccc2Oc2ccccc2)CCCC1. The van der Waals surface area contributed by atoms with Gasteiger partial charge in [0.1, 0.15) is 22.6 Å². The monoisotopic (exact) mass is 364 g/mol. The quantitative estimate of drug-likeness (QED) is 0.792. The molecule has 0 aromatic heterocycles. The molecule has 0 unspecified atom stereocenters. The van der Waals surface area contributed by atoms with Crippen LogP contribution in [0, 0.1) is 11.3 Å². The predicted molar refractivity (Wildman–Crippen MR) is 98.2 cm³/mol. The maximum atomic E-state index is 12.4. The molecule has 1 amide bonds. The zero-order chi connectivity index (χ0) is 19.1. The van der Waals surface area contributed by atoms with Crippen LogP contribution in [0.2, 0.25) is 0 Å². The lowest BCUT2D eigenvalue weighted by Gasteiger charge is -2.21. The van der Waals surface area contributed by atoms with Crippen molar-refractivity contribution >= 4 is 11.9 Å². The zero-order valence-corrected chi connectivity index (χ0v) is 14.8. The molecule has 2 aromatic carbocycles. The fourth-order valence-corrected chi connectivity index (χ4v) is 3.09. The lowest BCUT2D eigenvalue weighted by molar-refractivity contribution is -0.125. The number of amides is 1. The summed E-state index contributed by atoms with van der Waals surface area (Å²) >= 11 is 0. The third kappa shape index (κ3) is 4.64. The molecule has 6 nitrogen and oxygen atoms in total. The summed E-state index contributed by atoms with van der Waals surface area (Å²) in [5.74, 6) is -0.201. The van der Waals surface area contributed by atoms with Gasteiger partial charge in [0.25, 0.3) is 5.91 Å². The minimum atomic E-state index is -0.835. The van der Waals surface area contributed by atoms with Gasteiger partial charge in [-0.15, -0.1) is 0 Å². The van der Waals surface area contributed by atoms with E-state index in [1.54, 1.807) is 36.4 Å². The number of hydrogen-bond donors (Lipinski definition) is 1. The Labute approximate surface area is 157 Å². The summed E-state index contributed by atoms with van der Waals surface area (Å²) in [4.78, 5) is 24.5. The Morgan fingerprint density at radius 2 is 1.70 bits per heavy atom. The van der Waals surface area contributed by atoms with E-state index in [1.165, 1.54) is 0 Å². The summed E-state index contributed by atoms with van der Waals surface area (Å²) < 4.78 is 10.9. The molecule has 1 fully saturated rings. The largest absolute Gasteiger partial charge is 0.456 e. The van der Waals surface area contributed by atoms with Crippen LogP contribution in [0.1, 0.15) is 36.0 Å². The third-order valence-corrected chi connectivity index (χ3v) is 4.46. The number of para-hydroxylation sites is 2. The van der Waals surface area contributed by atoms with Gasteiger partial charge in [-0.25, -0.2) is 4.79 Å². The van der Waals surface area contributed by atoms with Crippen LogP contribution in [-0.2, 0) is 9.53 Å². The van der Waals surface area contributed by atoms with Crippen molar-refractivity contribution in [2.24, 2.45) is 0 Å². The van der Waals surface area contributed by atoms with E-state index in [-0.39, 0.29) is 5.56 Å². The molecule has 1 N–H and O–H groups in total. The molecule has 0 radical (unpaired) electrons. The van der Waals surface area contributed by atoms with Crippen molar-refractivity contribution in [3.63, 3.8) is 0 Å². The summed E-state index contributed by atoms with van der Waals surface area (Å²) in [5, 5.41) is 12.0. The minimum absolute atomic E-state index is 0.227. The molecule has 1 aliphatic rings. The van der Waals surface area contributed by atoms with Gasteiger partial charge in [0, 0.05) is 0 Å². The van der Waals surface area contributed by atoms with Gasteiger partial charge in [0.05, 0.1) is 6.07 Å². The number of carbonyl (C=O) groups is 2. The van der Waals surface area contributed by atoms with E-state index < -0.39 is 24.0 Å². The second kappa shape index (κ2) is 8.37. The number of nitriles is 1. The predicted octanol–water partition coefficient (Wildman–Crippen LogP) is 3.59. The highest BCUT2D eigenvalue weighted by Crippen LogP contribution is 2.29. The third-order valence-electron chi connectivity index (χ3n) is 4.46. The van der Waals surface area contributed by atoms with Crippen LogP contribution >= 0.6 is 0 Å². The standard InChI is InChI=1S/C21H20N2O4/c22-15-21(12-6-7-13-21)23-19(24)14-26-20(25)17-10-4-5-11-18(17)27-16-8-2-1-3-9-16/h1-5,8-11H,6-7,12-14H2,(H,23,24). The van der Waals surface area contributed by atoms with Crippen LogP contribution in [0.15, 0.2) is 54.6 Å². The number of nitrogens with zero attached hydrogens (tertiary/aromatic N) is 1. The molecule has 1 aliphatic carbocycles. The molecule has 138 valence electrons. The van der Waals surface area contributed by atoms with Crippen LogP contribution in [0.25, 0.3) is 0 Å². The smallest absolute Gasteiger partial charge is 0.342 e. The molecule has 3 rings (SSSR count). The van der Waals surface area contributed by atoms with Gasteiger partial charge >= 0.3 is 5.97 Å². The second-order valence-electron chi connectivity index (χ2n) is 6.44. The number of nitrogens with one attached hydrogen (secondary N) is 1. The first-order valence-electron chi connectivity index (χ1n) is 8.83. The maximum absolute atomic E-state index is 12.4. The Balaban J connectivity index is 1.61. The lowest BCUT2D eigenvalue weighted by Crippen LogP contribution is -2.46. The van der Waals surface area contributed by atoms with Gasteiger partial charge in [-0.3, -0.25) is 4.79 Å². The van der Waals surface area contributed by atoms with Crippen LogP contribution < -0.4 is 10.1 Å². The summed E-state index contributed by atoms with van der Waals surface area (Å²) in [6.07, 6.45) is 3.05. The van der Waals surface area contributed by atoms with Crippen molar-refractivity contribution in [3.05, 3.63) is 60.2 Å².